The summed E-state index contributed by atoms with van der Waals surface area (Å²) < 4.78 is 14.3. The van der Waals surface area contributed by atoms with Gasteiger partial charge in [0.15, 0.2) is 0 Å². The molecule has 0 N–H and O–H groups in total. The number of amides is 1. The molecule has 2 heterocycles. The van der Waals surface area contributed by atoms with E-state index in [1.54, 1.807) is 19.2 Å². The average Bonchev–Trinajstić information content (AvgIpc) is 2.87. The lowest BCUT2D eigenvalue weighted by Crippen LogP contribution is -2.33. The first-order valence-electron chi connectivity index (χ1n) is 7.80. The maximum Gasteiger partial charge on any atom is 0.262 e. The summed E-state index contributed by atoms with van der Waals surface area (Å²) >= 11 is 1.48. The lowest BCUT2D eigenvalue weighted by atomic mass is 10.2. The van der Waals surface area contributed by atoms with Crippen molar-refractivity contribution in [2.24, 2.45) is 0 Å². The topological polar surface area (TPSA) is 55.2 Å². The molecule has 130 valence electrons. The van der Waals surface area contributed by atoms with Gasteiger partial charge in [-0.2, -0.15) is 0 Å². The van der Waals surface area contributed by atoms with Crippen LogP contribution in [0.15, 0.2) is 35.4 Å². The number of thiophene rings is 1. The summed E-state index contributed by atoms with van der Waals surface area (Å²) in [5.41, 5.74) is 1.54. The molecule has 1 aromatic carbocycles. The first-order valence-corrected chi connectivity index (χ1v) is 8.62. The third-order valence-corrected chi connectivity index (χ3v) is 5.34. The van der Waals surface area contributed by atoms with Crippen molar-refractivity contribution >= 4 is 27.5 Å². The highest BCUT2D eigenvalue weighted by Crippen LogP contribution is 2.25. The van der Waals surface area contributed by atoms with Crippen LogP contribution in [0.5, 0.6) is 0 Å². The Kier molecular flexibility index (Phi) is 4.67. The quantitative estimate of drug-likeness (QED) is 0.720. The monoisotopic (exact) mass is 359 g/mol. The number of hydrogen-bond donors (Lipinski definition) is 0. The van der Waals surface area contributed by atoms with Gasteiger partial charge in [-0.05, 0) is 37.1 Å². The minimum atomic E-state index is -0.315. The first-order chi connectivity index (χ1) is 11.9. The Morgan fingerprint density at radius 2 is 1.96 bits per heavy atom. The van der Waals surface area contributed by atoms with E-state index in [0.29, 0.717) is 16.8 Å². The van der Waals surface area contributed by atoms with Crippen LogP contribution in [-0.4, -0.2) is 27.4 Å². The van der Waals surface area contributed by atoms with E-state index in [9.17, 15) is 14.0 Å². The molecule has 0 bridgehead atoms. The summed E-state index contributed by atoms with van der Waals surface area (Å²) in [6.45, 7) is 4.12. The first kappa shape index (κ1) is 17.3. The number of hydrogen-bond acceptors (Lipinski definition) is 4. The second kappa shape index (κ2) is 6.76. The van der Waals surface area contributed by atoms with Gasteiger partial charge in [0.25, 0.3) is 5.56 Å². The lowest BCUT2D eigenvalue weighted by Gasteiger charge is -2.18. The van der Waals surface area contributed by atoms with Crippen LogP contribution in [0.1, 0.15) is 16.0 Å². The fourth-order valence-corrected chi connectivity index (χ4v) is 3.59. The van der Waals surface area contributed by atoms with E-state index in [1.807, 2.05) is 13.8 Å². The third-order valence-electron chi connectivity index (χ3n) is 4.22. The zero-order valence-corrected chi connectivity index (χ0v) is 15.1. The van der Waals surface area contributed by atoms with Crippen molar-refractivity contribution < 1.29 is 9.18 Å². The number of aromatic nitrogens is 2. The van der Waals surface area contributed by atoms with Crippen LogP contribution in [0.2, 0.25) is 0 Å². The molecule has 0 fully saturated rings. The molecule has 0 unspecified atom stereocenters. The van der Waals surface area contributed by atoms with Gasteiger partial charge in [-0.15, -0.1) is 11.3 Å². The standard InChI is InChI=1S/C18H18FN3O2S/c1-11-12(2)25-17-16(11)18(24)22(10-20-17)9-15(23)21(3)8-13-4-6-14(19)7-5-13/h4-7,10H,8-9H2,1-3H3. The normalized spacial score (nSPS) is 11.0. The van der Waals surface area contributed by atoms with Crippen LogP contribution < -0.4 is 5.56 Å². The fourth-order valence-electron chi connectivity index (χ4n) is 2.60. The number of halogens is 1. The maximum absolute atomic E-state index is 13.0. The number of nitrogens with zero attached hydrogens (tertiary/aromatic N) is 3. The number of likely N-dealkylation sites (N-methyl/N-ethyl adjacent to an activating group) is 1. The van der Waals surface area contributed by atoms with Gasteiger partial charge in [0.05, 0.1) is 11.7 Å². The predicted molar refractivity (Wildman–Crippen MR) is 96.2 cm³/mol. The Morgan fingerprint density at radius 1 is 1.28 bits per heavy atom. The van der Waals surface area contributed by atoms with Gasteiger partial charge in [-0.25, -0.2) is 9.37 Å². The Labute approximate surface area is 148 Å². The molecule has 7 heteroatoms. The number of aryl methyl sites for hydroxylation is 2. The molecule has 0 atom stereocenters. The zero-order chi connectivity index (χ0) is 18.1. The second-order valence-electron chi connectivity index (χ2n) is 6.02. The molecule has 0 saturated heterocycles. The van der Waals surface area contributed by atoms with E-state index in [4.69, 9.17) is 0 Å². The second-order valence-corrected chi connectivity index (χ2v) is 7.22. The van der Waals surface area contributed by atoms with Crippen LogP contribution in [0.25, 0.3) is 10.2 Å². The molecule has 5 nitrogen and oxygen atoms in total. The molecule has 0 aliphatic rings. The summed E-state index contributed by atoms with van der Waals surface area (Å²) in [5.74, 6) is -0.526. The van der Waals surface area contributed by atoms with E-state index >= 15 is 0 Å². The summed E-state index contributed by atoms with van der Waals surface area (Å²) in [7, 11) is 1.66. The van der Waals surface area contributed by atoms with Crippen molar-refractivity contribution in [1.29, 1.82) is 0 Å². The van der Waals surface area contributed by atoms with Crippen molar-refractivity contribution in [3.63, 3.8) is 0 Å². The Hall–Kier alpha value is -2.54. The predicted octanol–water partition coefficient (Wildman–Crippen LogP) is 2.87. The molecule has 3 aromatic rings. The third kappa shape index (κ3) is 3.46. The highest BCUT2D eigenvalue weighted by molar-refractivity contribution is 7.18. The summed E-state index contributed by atoms with van der Waals surface area (Å²) in [6, 6.07) is 5.99. The Balaban J connectivity index is 1.79. The highest BCUT2D eigenvalue weighted by atomic mass is 32.1. The SMILES string of the molecule is Cc1sc2ncn(CC(=O)N(C)Cc3ccc(F)cc3)c(=O)c2c1C. The Morgan fingerprint density at radius 3 is 2.64 bits per heavy atom. The number of carbonyl (C=O) groups is 1. The molecule has 0 aliphatic carbocycles. The zero-order valence-electron chi connectivity index (χ0n) is 14.2. The van der Waals surface area contributed by atoms with E-state index in [-0.39, 0.29) is 23.8 Å². The average molecular weight is 359 g/mol. The van der Waals surface area contributed by atoms with Crippen LogP contribution in [-0.2, 0) is 17.9 Å². The lowest BCUT2D eigenvalue weighted by molar-refractivity contribution is -0.131. The largest absolute Gasteiger partial charge is 0.340 e. The molecule has 0 radical (unpaired) electrons. The smallest absolute Gasteiger partial charge is 0.262 e. The van der Waals surface area contributed by atoms with E-state index in [0.717, 1.165) is 16.0 Å². The van der Waals surface area contributed by atoms with Crippen LogP contribution in [0.4, 0.5) is 4.39 Å². The number of benzene rings is 1. The molecular formula is C18H18FN3O2S. The van der Waals surface area contributed by atoms with Gasteiger partial charge >= 0.3 is 0 Å². The number of carbonyl (C=O) groups excluding carboxylic acids is 1. The molecule has 25 heavy (non-hydrogen) atoms. The molecular weight excluding hydrogens is 341 g/mol. The van der Waals surface area contributed by atoms with E-state index in [1.165, 1.54) is 39.3 Å². The van der Waals surface area contributed by atoms with Crippen LogP contribution in [0, 0.1) is 19.7 Å². The van der Waals surface area contributed by atoms with Crippen molar-refractivity contribution in [3.8, 4) is 0 Å². The fraction of sp³-hybridized carbons (Fsp3) is 0.278. The van der Waals surface area contributed by atoms with Crippen molar-refractivity contribution in [3.05, 3.63) is 62.8 Å². The number of rotatable bonds is 4. The van der Waals surface area contributed by atoms with Gasteiger partial charge in [0.2, 0.25) is 5.91 Å². The molecule has 0 aliphatic heterocycles. The minimum absolute atomic E-state index is 0.0756. The van der Waals surface area contributed by atoms with Gasteiger partial charge in [-0.1, -0.05) is 12.1 Å². The van der Waals surface area contributed by atoms with E-state index < -0.39 is 0 Å². The van der Waals surface area contributed by atoms with Crippen molar-refractivity contribution in [2.45, 2.75) is 26.9 Å². The molecule has 0 saturated carbocycles. The van der Waals surface area contributed by atoms with Gasteiger partial charge in [0.1, 0.15) is 17.2 Å². The molecule has 3 rings (SSSR count). The van der Waals surface area contributed by atoms with Crippen LogP contribution in [0.3, 0.4) is 0 Å². The molecule has 2 aromatic heterocycles. The van der Waals surface area contributed by atoms with Crippen LogP contribution >= 0.6 is 11.3 Å². The van der Waals surface area contributed by atoms with Gasteiger partial charge < -0.3 is 4.90 Å². The molecule has 0 spiro atoms. The minimum Gasteiger partial charge on any atom is -0.340 e. The maximum atomic E-state index is 13.0. The number of fused-ring (bicyclic) bond motifs is 1. The Bertz CT molecular complexity index is 992. The summed E-state index contributed by atoms with van der Waals surface area (Å²) in [6.07, 6.45) is 1.42. The molecule has 1 amide bonds. The van der Waals surface area contributed by atoms with Gasteiger partial charge in [-0.3, -0.25) is 14.2 Å². The van der Waals surface area contributed by atoms with Gasteiger partial charge in [0, 0.05) is 18.5 Å². The van der Waals surface area contributed by atoms with Crippen molar-refractivity contribution in [2.75, 3.05) is 7.05 Å². The van der Waals surface area contributed by atoms with E-state index in [2.05, 4.69) is 4.98 Å². The highest BCUT2D eigenvalue weighted by Gasteiger charge is 2.15. The van der Waals surface area contributed by atoms with Crippen molar-refractivity contribution in [1.82, 2.24) is 14.5 Å². The summed E-state index contributed by atoms with van der Waals surface area (Å²) in [4.78, 5) is 32.6. The summed E-state index contributed by atoms with van der Waals surface area (Å²) in [5, 5.41) is 0.582.